The summed E-state index contributed by atoms with van der Waals surface area (Å²) >= 11 is 5.94. The molecule has 0 saturated carbocycles. The second-order valence-electron chi connectivity index (χ2n) is 4.91. The van der Waals surface area contributed by atoms with Crippen molar-refractivity contribution < 1.29 is 23.8 Å². The van der Waals surface area contributed by atoms with Crippen LogP contribution < -0.4 is 14.8 Å². The van der Waals surface area contributed by atoms with Gasteiger partial charge >= 0.3 is 5.97 Å². The van der Waals surface area contributed by atoms with Crippen LogP contribution in [0.5, 0.6) is 11.5 Å². The van der Waals surface area contributed by atoms with Crippen molar-refractivity contribution in [2.24, 2.45) is 0 Å². The molecule has 25 heavy (non-hydrogen) atoms. The normalized spacial score (nSPS) is 10.0. The maximum absolute atomic E-state index is 12.0. The molecule has 0 unspecified atom stereocenters. The number of esters is 1. The molecule has 1 N–H and O–H groups in total. The molecular formula is C18H18ClNO5. The lowest BCUT2D eigenvalue weighted by Crippen LogP contribution is -2.31. The number of para-hydroxylation sites is 1. The average Bonchev–Trinajstić information content (AvgIpc) is 2.64. The Morgan fingerprint density at radius 3 is 2.64 bits per heavy atom. The summed E-state index contributed by atoms with van der Waals surface area (Å²) < 4.78 is 15.4. The van der Waals surface area contributed by atoms with E-state index in [-0.39, 0.29) is 25.7 Å². The highest BCUT2D eigenvalue weighted by atomic mass is 35.5. The highest BCUT2D eigenvalue weighted by Crippen LogP contribution is 2.22. The van der Waals surface area contributed by atoms with E-state index >= 15 is 0 Å². The monoisotopic (exact) mass is 363 g/mol. The van der Waals surface area contributed by atoms with Crippen molar-refractivity contribution in [3.63, 3.8) is 0 Å². The lowest BCUT2D eigenvalue weighted by molar-refractivity contribution is -0.143. The Morgan fingerprint density at radius 1 is 1.08 bits per heavy atom. The fourth-order valence-electron chi connectivity index (χ4n) is 1.94. The molecule has 2 aromatic rings. The van der Waals surface area contributed by atoms with E-state index in [4.69, 9.17) is 25.8 Å². The molecule has 132 valence electrons. The maximum Gasteiger partial charge on any atom is 0.325 e. The number of rotatable bonds is 8. The molecular weight excluding hydrogens is 346 g/mol. The van der Waals surface area contributed by atoms with Gasteiger partial charge in [0.15, 0.2) is 0 Å². The SMILES string of the molecule is COc1cccc(C(=O)NCC(=O)OCCOc2ccccc2Cl)c1. The molecule has 0 spiro atoms. The van der Waals surface area contributed by atoms with Gasteiger partial charge in [0.1, 0.15) is 31.3 Å². The Morgan fingerprint density at radius 2 is 1.88 bits per heavy atom. The molecule has 0 heterocycles. The zero-order valence-corrected chi connectivity index (χ0v) is 14.4. The van der Waals surface area contributed by atoms with Gasteiger partial charge in [-0.15, -0.1) is 0 Å². The third kappa shape index (κ3) is 6.00. The maximum atomic E-state index is 12.0. The molecule has 0 radical (unpaired) electrons. The number of carbonyl (C=O) groups excluding carboxylic acids is 2. The number of hydrogen-bond donors (Lipinski definition) is 1. The van der Waals surface area contributed by atoms with Gasteiger partial charge in [0.2, 0.25) is 0 Å². The average molecular weight is 364 g/mol. The van der Waals surface area contributed by atoms with Crippen LogP contribution in [0.4, 0.5) is 0 Å². The fraction of sp³-hybridized carbons (Fsp3) is 0.222. The third-order valence-electron chi connectivity index (χ3n) is 3.17. The number of hydrogen-bond acceptors (Lipinski definition) is 5. The molecule has 0 bridgehead atoms. The highest BCUT2D eigenvalue weighted by Gasteiger charge is 2.10. The van der Waals surface area contributed by atoms with Crippen LogP contribution >= 0.6 is 11.6 Å². The van der Waals surface area contributed by atoms with Crippen molar-refractivity contribution in [2.45, 2.75) is 0 Å². The van der Waals surface area contributed by atoms with E-state index in [1.165, 1.54) is 7.11 Å². The van der Waals surface area contributed by atoms with Gasteiger partial charge in [-0.1, -0.05) is 29.8 Å². The topological polar surface area (TPSA) is 73.9 Å². The van der Waals surface area contributed by atoms with Crippen molar-refractivity contribution in [3.05, 3.63) is 59.1 Å². The van der Waals surface area contributed by atoms with E-state index in [9.17, 15) is 9.59 Å². The summed E-state index contributed by atoms with van der Waals surface area (Å²) in [5.41, 5.74) is 0.397. The van der Waals surface area contributed by atoms with Crippen LogP contribution in [-0.2, 0) is 9.53 Å². The van der Waals surface area contributed by atoms with E-state index in [1.54, 1.807) is 48.5 Å². The van der Waals surface area contributed by atoms with Gasteiger partial charge < -0.3 is 19.5 Å². The van der Waals surface area contributed by atoms with Gasteiger partial charge in [-0.3, -0.25) is 9.59 Å². The smallest absolute Gasteiger partial charge is 0.325 e. The van der Waals surface area contributed by atoms with Crippen molar-refractivity contribution in [1.29, 1.82) is 0 Å². The second kappa shape index (κ2) is 9.54. The van der Waals surface area contributed by atoms with Crippen LogP contribution in [0.25, 0.3) is 0 Å². The highest BCUT2D eigenvalue weighted by molar-refractivity contribution is 6.32. The van der Waals surface area contributed by atoms with Crippen LogP contribution in [0.3, 0.4) is 0 Å². The lowest BCUT2D eigenvalue weighted by atomic mass is 10.2. The summed E-state index contributed by atoms with van der Waals surface area (Å²) in [4.78, 5) is 23.6. The Hall–Kier alpha value is -2.73. The molecule has 7 heteroatoms. The zero-order valence-electron chi connectivity index (χ0n) is 13.7. The van der Waals surface area contributed by atoms with Crippen molar-refractivity contribution >= 4 is 23.5 Å². The first-order chi connectivity index (χ1) is 12.1. The van der Waals surface area contributed by atoms with Crippen molar-refractivity contribution in [2.75, 3.05) is 26.9 Å². The molecule has 6 nitrogen and oxygen atoms in total. The Balaban J connectivity index is 1.68. The summed E-state index contributed by atoms with van der Waals surface area (Å²) in [6.45, 7) is -0.0134. The molecule has 0 aliphatic rings. The van der Waals surface area contributed by atoms with E-state index in [2.05, 4.69) is 5.32 Å². The van der Waals surface area contributed by atoms with Gasteiger partial charge in [-0.05, 0) is 30.3 Å². The van der Waals surface area contributed by atoms with Gasteiger partial charge in [0, 0.05) is 5.56 Å². The van der Waals surface area contributed by atoms with E-state index < -0.39 is 5.97 Å². The number of benzene rings is 2. The molecule has 0 aromatic heterocycles. The fourth-order valence-corrected chi connectivity index (χ4v) is 2.13. The molecule has 0 fully saturated rings. The minimum absolute atomic E-state index is 0.0546. The molecule has 0 atom stereocenters. The second-order valence-corrected chi connectivity index (χ2v) is 5.32. The summed E-state index contributed by atoms with van der Waals surface area (Å²) in [6, 6.07) is 13.6. The summed E-state index contributed by atoms with van der Waals surface area (Å²) in [5.74, 6) is 0.140. The Kier molecular flexibility index (Phi) is 7.10. The lowest BCUT2D eigenvalue weighted by Gasteiger charge is -2.09. The molecule has 2 rings (SSSR count). The molecule has 2 aromatic carbocycles. The summed E-state index contributed by atoms with van der Waals surface area (Å²) in [6.07, 6.45) is 0. The van der Waals surface area contributed by atoms with Gasteiger partial charge in [-0.25, -0.2) is 0 Å². The molecule has 0 aliphatic heterocycles. The minimum atomic E-state index is -0.556. The number of methoxy groups -OCH3 is 1. The number of amides is 1. The number of halogens is 1. The first-order valence-corrected chi connectivity index (χ1v) is 7.93. The van der Waals surface area contributed by atoms with Gasteiger partial charge in [0.05, 0.1) is 12.1 Å². The standard InChI is InChI=1S/C18H18ClNO5/c1-23-14-6-4-5-13(11-14)18(22)20-12-17(21)25-10-9-24-16-8-3-2-7-15(16)19/h2-8,11H,9-10,12H2,1H3,(H,20,22). The van der Waals surface area contributed by atoms with Crippen LogP contribution in [0.15, 0.2) is 48.5 Å². The predicted octanol–water partition coefficient (Wildman–Crippen LogP) is 2.70. The largest absolute Gasteiger partial charge is 0.497 e. The number of ether oxygens (including phenoxy) is 3. The van der Waals surface area contributed by atoms with E-state index in [0.29, 0.717) is 22.1 Å². The first-order valence-electron chi connectivity index (χ1n) is 7.55. The third-order valence-corrected chi connectivity index (χ3v) is 3.48. The van der Waals surface area contributed by atoms with E-state index in [0.717, 1.165) is 0 Å². The predicted molar refractivity (Wildman–Crippen MR) is 93.2 cm³/mol. The zero-order chi connectivity index (χ0) is 18.1. The molecule has 1 amide bonds. The molecule has 0 saturated heterocycles. The van der Waals surface area contributed by atoms with Crippen LogP contribution in [-0.4, -0.2) is 38.7 Å². The Labute approximate surface area is 150 Å². The van der Waals surface area contributed by atoms with E-state index in [1.807, 2.05) is 0 Å². The van der Waals surface area contributed by atoms with Crippen molar-refractivity contribution in [3.8, 4) is 11.5 Å². The quantitative estimate of drug-likeness (QED) is 0.576. The van der Waals surface area contributed by atoms with Gasteiger partial charge in [0.25, 0.3) is 5.91 Å². The summed E-state index contributed by atoms with van der Waals surface area (Å²) in [7, 11) is 1.51. The number of nitrogens with one attached hydrogen (secondary N) is 1. The first kappa shape index (κ1) is 18.6. The summed E-state index contributed by atoms with van der Waals surface area (Å²) in [5, 5.41) is 2.97. The van der Waals surface area contributed by atoms with Crippen LogP contribution in [0, 0.1) is 0 Å². The van der Waals surface area contributed by atoms with Crippen LogP contribution in [0.2, 0.25) is 5.02 Å². The minimum Gasteiger partial charge on any atom is -0.497 e. The Bertz CT molecular complexity index is 735. The van der Waals surface area contributed by atoms with Crippen molar-refractivity contribution in [1.82, 2.24) is 5.32 Å². The van der Waals surface area contributed by atoms with Crippen LogP contribution in [0.1, 0.15) is 10.4 Å². The molecule has 0 aliphatic carbocycles. The number of carbonyl (C=O) groups is 2. The van der Waals surface area contributed by atoms with Gasteiger partial charge in [-0.2, -0.15) is 0 Å².